The normalized spacial score (nSPS) is 11.5. The Balaban J connectivity index is 3.07. The summed E-state index contributed by atoms with van der Waals surface area (Å²) in [4.78, 5) is 2.16. The summed E-state index contributed by atoms with van der Waals surface area (Å²) in [6, 6.07) is 4.74. The molecule has 0 spiro atoms. The lowest BCUT2D eigenvalue weighted by Gasteiger charge is -2.21. The van der Waals surface area contributed by atoms with Crippen LogP contribution in [-0.4, -0.2) is 42.1 Å². The lowest BCUT2D eigenvalue weighted by molar-refractivity contribution is 0.584. The van der Waals surface area contributed by atoms with E-state index < -0.39 is 10.0 Å². The van der Waals surface area contributed by atoms with Crippen LogP contribution in [0.1, 0.15) is 6.92 Å². The van der Waals surface area contributed by atoms with Gasteiger partial charge in [-0.2, -0.15) is 0 Å². The Morgan fingerprint density at radius 1 is 1.37 bits per heavy atom. The third-order valence-electron chi connectivity index (χ3n) is 2.76. The molecule has 0 aromatic heterocycles. The lowest BCUT2D eigenvalue weighted by Crippen LogP contribution is -2.28. The van der Waals surface area contributed by atoms with Crippen molar-refractivity contribution in [2.24, 2.45) is 0 Å². The quantitative estimate of drug-likeness (QED) is 0.624. The van der Waals surface area contributed by atoms with Crippen LogP contribution < -0.4 is 20.7 Å². The maximum absolute atomic E-state index is 11.9. The highest BCUT2D eigenvalue weighted by Gasteiger charge is 2.15. The van der Waals surface area contributed by atoms with Gasteiger partial charge < -0.3 is 16.0 Å². The number of hydrogen-bond acceptors (Lipinski definition) is 5. The summed E-state index contributed by atoms with van der Waals surface area (Å²) in [6.45, 7) is 3.64. The molecule has 0 fully saturated rings. The van der Waals surface area contributed by atoms with Crippen LogP contribution in [0.5, 0.6) is 0 Å². The molecular weight excluding hydrogens is 264 g/mol. The molecule has 0 amide bonds. The topological polar surface area (TPSA) is 87.5 Å². The second-order valence-electron chi connectivity index (χ2n) is 4.25. The average molecular weight is 286 g/mol. The van der Waals surface area contributed by atoms with Crippen LogP contribution in [0.3, 0.4) is 0 Å². The first-order valence-electron chi connectivity index (χ1n) is 6.17. The van der Waals surface area contributed by atoms with Crippen LogP contribution >= 0.6 is 0 Å². The number of anilines is 2. The van der Waals surface area contributed by atoms with Gasteiger partial charge in [0.15, 0.2) is 0 Å². The van der Waals surface area contributed by atoms with Crippen molar-refractivity contribution in [1.29, 1.82) is 0 Å². The number of nitrogens with two attached hydrogens (primary N) is 1. The van der Waals surface area contributed by atoms with Gasteiger partial charge in [0, 0.05) is 26.7 Å². The number of likely N-dealkylation sites (N-methyl/N-ethyl adjacent to an activating group) is 2. The fourth-order valence-corrected chi connectivity index (χ4v) is 2.76. The molecule has 0 bridgehead atoms. The summed E-state index contributed by atoms with van der Waals surface area (Å²) >= 11 is 0. The van der Waals surface area contributed by atoms with Gasteiger partial charge in [-0.15, -0.1) is 0 Å². The second kappa shape index (κ2) is 6.74. The predicted molar refractivity (Wildman–Crippen MR) is 78.9 cm³/mol. The van der Waals surface area contributed by atoms with E-state index in [2.05, 4.69) is 10.0 Å². The Morgan fingerprint density at radius 3 is 2.63 bits per heavy atom. The highest BCUT2D eigenvalue weighted by Crippen LogP contribution is 2.25. The van der Waals surface area contributed by atoms with Gasteiger partial charge in [0.2, 0.25) is 10.0 Å². The van der Waals surface area contributed by atoms with Gasteiger partial charge in [-0.05, 0) is 25.2 Å². The maximum Gasteiger partial charge on any atom is 0.240 e. The summed E-state index contributed by atoms with van der Waals surface area (Å²) in [5, 5.41) is 3.04. The van der Waals surface area contributed by atoms with Gasteiger partial charge in [-0.25, -0.2) is 13.1 Å². The molecule has 0 heterocycles. The maximum atomic E-state index is 11.9. The zero-order valence-electron chi connectivity index (χ0n) is 11.6. The first kappa shape index (κ1) is 15.7. The molecule has 1 aromatic carbocycles. The van der Waals surface area contributed by atoms with Gasteiger partial charge in [0.25, 0.3) is 0 Å². The summed E-state index contributed by atoms with van der Waals surface area (Å²) in [7, 11) is 0.294. The summed E-state index contributed by atoms with van der Waals surface area (Å²) in [5.74, 6) is 0. The molecule has 108 valence electrons. The van der Waals surface area contributed by atoms with E-state index in [0.717, 1.165) is 13.1 Å². The number of hydrogen-bond donors (Lipinski definition) is 3. The minimum Gasteiger partial charge on any atom is -0.397 e. The van der Waals surface area contributed by atoms with E-state index in [0.29, 0.717) is 17.9 Å². The van der Waals surface area contributed by atoms with Crippen LogP contribution in [-0.2, 0) is 10.0 Å². The fraction of sp³-hybridized carbons (Fsp3) is 0.500. The highest BCUT2D eigenvalue weighted by molar-refractivity contribution is 7.89. The molecule has 19 heavy (non-hydrogen) atoms. The van der Waals surface area contributed by atoms with Crippen LogP contribution in [0.4, 0.5) is 11.4 Å². The van der Waals surface area contributed by atoms with E-state index in [9.17, 15) is 8.42 Å². The van der Waals surface area contributed by atoms with E-state index in [1.807, 2.05) is 19.0 Å². The number of benzene rings is 1. The van der Waals surface area contributed by atoms with E-state index in [-0.39, 0.29) is 4.90 Å². The minimum absolute atomic E-state index is 0.231. The molecule has 0 saturated heterocycles. The van der Waals surface area contributed by atoms with E-state index in [4.69, 9.17) is 5.73 Å². The van der Waals surface area contributed by atoms with E-state index >= 15 is 0 Å². The van der Waals surface area contributed by atoms with Gasteiger partial charge in [0.05, 0.1) is 16.3 Å². The van der Waals surface area contributed by atoms with Crippen LogP contribution in [0.25, 0.3) is 0 Å². The molecule has 0 aliphatic carbocycles. The molecule has 0 saturated carbocycles. The standard InChI is InChI=1S/C12H22N4O2S/c1-4-15-19(17,18)10-5-6-11(13)12(9-10)16(3)8-7-14-2/h5-6,9,14-15H,4,7-8,13H2,1-3H3. The van der Waals surface area contributed by atoms with Crippen molar-refractivity contribution in [3.8, 4) is 0 Å². The van der Waals surface area contributed by atoms with Crippen molar-refractivity contribution in [3.05, 3.63) is 18.2 Å². The van der Waals surface area contributed by atoms with Crippen molar-refractivity contribution < 1.29 is 8.42 Å². The molecule has 0 unspecified atom stereocenters. The Labute approximate surface area is 115 Å². The summed E-state index contributed by atoms with van der Waals surface area (Å²) < 4.78 is 26.4. The molecule has 0 aliphatic rings. The average Bonchev–Trinajstić information content (AvgIpc) is 2.36. The highest BCUT2D eigenvalue weighted by atomic mass is 32.2. The number of rotatable bonds is 7. The van der Waals surface area contributed by atoms with Crippen molar-refractivity contribution in [2.75, 3.05) is 44.4 Å². The van der Waals surface area contributed by atoms with Crippen LogP contribution in [0.15, 0.2) is 23.1 Å². The lowest BCUT2D eigenvalue weighted by atomic mass is 10.2. The minimum atomic E-state index is -3.45. The molecule has 7 heteroatoms. The molecule has 0 atom stereocenters. The molecule has 4 N–H and O–H groups in total. The molecular formula is C12H22N4O2S. The van der Waals surface area contributed by atoms with E-state index in [1.54, 1.807) is 19.1 Å². The smallest absolute Gasteiger partial charge is 0.240 e. The van der Waals surface area contributed by atoms with E-state index in [1.165, 1.54) is 6.07 Å². The van der Waals surface area contributed by atoms with Gasteiger partial charge >= 0.3 is 0 Å². The number of nitrogen functional groups attached to an aromatic ring is 1. The monoisotopic (exact) mass is 286 g/mol. The molecule has 0 radical (unpaired) electrons. The number of nitrogens with zero attached hydrogens (tertiary/aromatic N) is 1. The van der Waals surface area contributed by atoms with Crippen molar-refractivity contribution >= 4 is 21.4 Å². The van der Waals surface area contributed by atoms with Crippen molar-refractivity contribution in [1.82, 2.24) is 10.0 Å². The van der Waals surface area contributed by atoms with Crippen molar-refractivity contribution in [3.63, 3.8) is 0 Å². The second-order valence-corrected chi connectivity index (χ2v) is 6.01. The van der Waals surface area contributed by atoms with Crippen LogP contribution in [0.2, 0.25) is 0 Å². The van der Waals surface area contributed by atoms with Gasteiger partial charge in [-0.3, -0.25) is 0 Å². The van der Waals surface area contributed by atoms with Crippen LogP contribution in [0, 0.1) is 0 Å². The Kier molecular flexibility index (Phi) is 5.59. The zero-order chi connectivity index (χ0) is 14.5. The zero-order valence-corrected chi connectivity index (χ0v) is 12.4. The Bertz CT molecular complexity index is 516. The Morgan fingerprint density at radius 2 is 2.05 bits per heavy atom. The molecule has 1 aromatic rings. The van der Waals surface area contributed by atoms with Crippen molar-refractivity contribution in [2.45, 2.75) is 11.8 Å². The largest absolute Gasteiger partial charge is 0.397 e. The molecule has 6 nitrogen and oxygen atoms in total. The molecule has 1 rings (SSSR count). The SMILES string of the molecule is CCNS(=O)(=O)c1ccc(N)c(N(C)CCNC)c1. The van der Waals surface area contributed by atoms with Gasteiger partial charge in [0.1, 0.15) is 0 Å². The first-order chi connectivity index (χ1) is 8.92. The summed E-state index contributed by atoms with van der Waals surface area (Å²) in [5.41, 5.74) is 7.18. The number of nitrogens with one attached hydrogen (secondary N) is 2. The first-order valence-corrected chi connectivity index (χ1v) is 7.65. The third kappa shape index (κ3) is 4.09. The fourth-order valence-electron chi connectivity index (χ4n) is 1.69. The third-order valence-corrected chi connectivity index (χ3v) is 4.30. The number of sulfonamides is 1. The molecule has 0 aliphatic heterocycles. The Hall–Kier alpha value is -1.31. The predicted octanol–water partition coefficient (Wildman–Crippen LogP) is 0.223. The summed E-state index contributed by atoms with van der Waals surface area (Å²) in [6.07, 6.45) is 0. The van der Waals surface area contributed by atoms with Gasteiger partial charge in [-0.1, -0.05) is 6.92 Å².